The molecule has 0 saturated heterocycles. The zero-order valence-electron chi connectivity index (χ0n) is 10.4. The van der Waals surface area contributed by atoms with Crippen LogP contribution in [0.25, 0.3) is 11.3 Å². The lowest BCUT2D eigenvalue weighted by atomic mass is 10.1. The molecule has 1 heterocycles. The molecule has 3 nitrogen and oxygen atoms in total. The van der Waals surface area contributed by atoms with Gasteiger partial charge in [0, 0.05) is 10.0 Å². The molecule has 116 valence electrons. The molecule has 2 rings (SSSR count). The van der Waals surface area contributed by atoms with Gasteiger partial charge in [-0.05, 0) is 24.3 Å². The molecule has 0 aliphatic carbocycles. The maximum atomic E-state index is 12.8. The zero-order valence-corrected chi connectivity index (χ0v) is 13.5. The Balaban J connectivity index is 2.62. The molecule has 0 aliphatic heterocycles. The number of benzene rings is 1. The van der Waals surface area contributed by atoms with Crippen molar-refractivity contribution in [2.45, 2.75) is 6.18 Å². The van der Waals surface area contributed by atoms with Gasteiger partial charge in [-0.2, -0.15) is 13.2 Å². The van der Waals surface area contributed by atoms with Crippen LogP contribution in [0.5, 0.6) is 0 Å². The normalized spacial score (nSPS) is 11.5. The lowest BCUT2D eigenvalue weighted by molar-refractivity contribution is -0.138. The number of hydrogen-bond acceptors (Lipinski definition) is 2. The van der Waals surface area contributed by atoms with E-state index in [1.165, 1.54) is 12.1 Å². The van der Waals surface area contributed by atoms with Gasteiger partial charge < -0.3 is 5.11 Å². The molecular weight excluding hydrogens is 410 g/mol. The molecule has 1 N–H and O–H groups in total. The van der Waals surface area contributed by atoms with E-state index in [0.717, 1.165) is 12.1 Å². The third-order valence-corrected chi connectivity index (χ3v) is 3.96. The minimum atomic E-state index is -4.57. The highest BCUT2D eigenvalue weighted by Crippen LogP contribution is 2.40. The predicted octanol–water partition coefficient (Wildman–Crippen LogP) is 5.53. The molecule has 0 saturated carbocycles. The van der Waals surface area contributed by atoms with Crippen LogP contribution in [-0.4, -0.2) is 16.1 Å². The fraction of sp³-hybridized carbons (Fsp3) is 0.0769. The average Bonchev–Trinajstić information content (AvgIpc) is 2.40. The Morgan fingerprint density at radius 3 is 2.36 bits per heavy atom. The van der Waals surface area contributed by atoms with Gasteiger partial charge in [0.25, 0.3) is 0 Å². The largest absolute Gasteiger partial charge is 0.476 e. The number of hydrogen-bond donors (Lipinski definition) is 1. The van der Waals surface area contributed by atoms with Crippen LogP contribution >= 0.6 is 39.1 Å². The first-order valence-corrected chi connectivity index (χ1v) is 7.12. The van der Waals surface area contributed by atoms with Crippen molar-refractivity contribution >= 4 is 45.1 Å². The quantitative estimate of drug-likeness (QED) is 0.702. The SMILES string of the molecule is O=C(O)c1nc(-c2cc(Br)c(C(F)(F)F)cc2Cl)ccc1Cl. The van der Waals surface area contributed by atoms with Crippen LogP contribution in [0.3, 0.4) is 0 Å². The number of pyridine rings is 1. The minimum Gasteiger partial charge on any atom is -0.476 e. The van der Waals surface area contributed by atoms with Gasteiger partial charge in [-0.1, -0.05) is 39.1 Å². The van der Waals surface area contributed by atoms with Crippen molar-refractivity contribution in [2.75, 3.05) is 0 Å². The van der Waals surface area contributed by atoms with Crippen molar-refractivity contribution in [3.63, 3.8) is 0 Å². The van der Waals surface area contributed by atoms with Crippen LogP contribution in [0, 0.1) is 0 Å². The maximum absolute atomic E-state index is 12.8. The average molecular weight is 415 g/mol. The maximum Gasteiger partial charge on any atom is 0.417 e. The number of alkyl halides is 3. The number of carbonyl (C=O) groups is 1. The highest BCUT2D eigenvalue weighted by molar-refractivity contribution is 9.10. The highest BCUT2D eigenvalue weighted by Gasteiger charge is 2.34. The van der Waals surface area contributed by atoms with E-state index < -0.39 is 23.4 Å². The summed E-state index contributed by atoms with van der Waals surface area (Å²) in [4.78, 5) is 14.8. The molecule has 0 spiro atoms. The van der Waals surface area contributed by atoms with Crippen LogP contribution in [0.15, 0.2) is 28.7 Å². The molecule has 0 atom stereocenters. The van der Waals surface area contributed by atoms with E-state index in [0.29, 0.717) is 0 Å². The Bertz CT molecular complexity index is 766. The summed E-state index contributed by atoms with van der Waals surface area (Å²) in [6, 6.07) is 4.54. The number of aromatic nitrogens is 1. The molecule has 1 aromatic heterocycles. The molecule has 0 bridgehead atoms. The number of nitrogens with zero attached hydrogens (tertiary/aromatic N) is 1. The van der Waals surface area contributed by atoms with E-state index in [1.807, 2.05) is 0 Å². The van der Waals surface area contributed by atoms with Gasteiger partial charge in [-0.25, -0.2) is 9.78 Å². The summed E-state index contributed by atoms with van der Waals surface area (Å²) in [5.74, 6) is -1.35. The first-order valence-electron chi connectivity index (χ1n) is 5.57. The first kappa shape index (κ1) is 17.1. The second kappa shape index (κ2) is 6.06. The van der Waals surface area contributed by atoms with E-state index >= 15 is 0 Å². The van der Waals surface area contributed by atoms with Gasteiger partial charge in [0.15, 0.2) is 5.69 Å². The second-order valence-corrected chi connectivity index (χ2v) is 5.81. The number of aromatic carboxylic acids is 1. The minimum absolute atomic E-state index is 0.0849. The molecule has 0 aliphatic rings. The highest BCUT2D eigenvalue weighted by atomic mass is 79.9. The van der Waals surface area contributed by atoms with Crippen molar-refractivity contribution in [3.05, 3.63) is 50.0 Å². The van der Waals surface area contributed by atoms with E-state index in [9.17, 15) is 18.0 Å². The molecule has 0 radical (unpaired) electrons. The molecule has 1 aromatic carbocycles. The Kier molecular flexibility index (Phi) is 4.70. The summed E-state index contributed by atoms with van der Waals surface area (Å²) in [5, 5.41) is 8.68. The monoisotopic (exact) mass is 413 g/mol. The van der Waals surface area contributed by atoms with Gasteiger partial charge in [-0.15, -0.1) is 0 Å². The summed E-state index contributed by atoms with van der Waals surface area (Å²) in [6.45, 7) is 0. The Morgan fingerprint density at radius 1 is 1.18 bits per heavy atom. The van der Waals surface area contributed by atoms with Gasteiger partial charge in [-0.3, -0.25) is 0 Å². The summed E-state index contributed by atoms with van der Waals surface area (Å²) in [5.41, 5.74) is -1.10. The van der Waals surface area contributed by atoms with E-state index in [4.69, 9.17) is 28.3 Å². The molecule has 2 aromatic rings. The van der Waals surface area contributed by atoms with Crippen LogP contribution in [0.4, 0.5) is 13.2 Å². The van der Waals surface area contributed by atoms with Crippen molar-refractivity contribution in [2.24, 2.45) is 0 Å². The molecule has 0 fully saturated rings. The zero-order chi connectivity index (χ0) is 16.7. The smallest absolute Gasteiger partial charge is 0.417 e. The number of halogens is 6. The molecular formula is C13H5BrCl2F3NO2. The lowest BCUT2D eigenvalue weighted by Crippen LogP contribution is -2.07. The first-order chi connectivity index (χ1) is 10.1. The third kappa shape index (κ3) is 3.37. The van der Waals surface area contributed by atoms with E-state index in [1.54, 1.807) is 0 Å². The fourth-order valence-corrected chi connectivity index (χ4v) is 2.72. The predicted molar refractivity (Wildman–Crippen MR) is 79.4 cm³/mol. The standard InChI is InChI=1S/C13H5BrCl2F3NO2/c14-7-3-5(9(16)4-6(7)13(17,18)19)10-2-1-8(15)11(20-10)12(21)22/h1-4H,(H,21,22). The number of carboxylic acid groups (broad SMARTS) is 1. The summed E-state index contributed by atoms with van der Waals surface area (Å²) in [7, 11) is 0. The lowest BCUT2D eigenvalue weighted by Gasteiger charge is -2.13. The van der Waals surface area contributed by atoms with Crippen LogP contribution in [-0.2, 0) is 6.18 Å². The fourth-order valence-electron chi connectivity index (χ4n) is 1.70. The summed E-state index contributed by atoms with van der Waals surface area (Å²) < 4.78 is 38.1. The van der Waals surface area contributed by atoms with E-state index in [-0.39, 0.29) is 25.8 Å². The third-order valence-electron chi connectivity index (χ3n) is 2.69. The summed E-state index contributed by atoms with van der Waals surface area (Å²) in [6.07, 6.45) is -4.57. The van der Waals surface area contributed by atoms with Crippen LogP contribution in [0.1, 0.15) is 16.1 Å². The van der Waals surface area contributed by atoms with Crippen molar-refractivity contribution in [1.82, 2.24) is 4.98 Å². The molecule has 9 heteroatoms. The van der Waals surface area contributed by atoms with Crippen LogP contribution < -0.4 is 0 Å². The molecule has 22 heavy (non-hydrogen) atoms. The van der Waals surface area contributed by atoms with Crippen molar-refractivity contribution in [1.29, 1.82) is 0 Å². The number of rotatable bonds is 2. The second-order valence-electron chi connectivity index (χ2n) is 4.14. The van der Waals surface area contributed by atoms with Crippen molar-refractivity contribution < 1.29 is 23.1 Å². The Morgan fingerprint density at radius 2 is 1.82 bits per heavy atom. The topological polar surface area (TPSA) is 50.2 Å². The Labute approximate surface area is 140 Å². The van der Waals surface area contributed by atoms with Crippen LogP contribution in [0.2, 0.25) is 10.0 Å². The molecule has 0 amide bonds. The molecule has 0 unspecified atom stereocenters. The van der Waals surface area contributed by atoms with Gasteiger partial charge in [0.2, 0.25) is 0 Å². The van der Waals surface area contributed by atoms with Gasteiger partial charge >= 0.3 is 12.1 Å². The van der Waals surface area contributed by atoms with Gasteiger partial charge in [0.05, 0.1) is 21.3 Å². The summed E-state index contributed by atoms with van der Waals surface area (Å²) >= 11 is 14.4. The van der Waals surface area contributed by atoms with Crippen molar-refractivity contribution in [3.8, 4) is 11.3 Å². The van der Waals surface area contributed by atoms with Gasteiger partial charge in [0.1, 0.15) is 0 Å². The Hall–Kier alpha value is -1.31. The number of carboxylic acids is 1. The van der Waals surface area contributed by atoms with E-state index in [2.05, 4.69) is 20.9 Å².